The van der Waals surface area contributed by atoms with E-state index < -0.39 is 43.0 Å². The molecule has 42 heavy (non-hydrogen) atoms. The van der Waals surface area contributed by atoms with Crippen LogP contribution in [0.25, 0.3) is 11.1 Å². The second kappa shape index (κ2) is 14.7. The Bertz CT molecular complexity index is 1430. The van der Waals surface area contributed by atoms with Crippen LogP contribution in [0, 0.1) is 11.6 Å². The number of rotatable bonds is 4. The van der Waals surface area contributed by atoms with E-state index >= 15 is 0 Å². The van der Waals surface area contributed by atoms with Crippen molar-refractivity contribution in [2.24, 2.45) is 0 Å². The van der Waals surface area contributed by atoms with Crippen LogP contribution in [-0.2, 0) is 0 Å². The summed E-state index contributed by atoms with van der Waals surface area (Å²) in [6, 6.07) is 17.7. The lowest BCUT2D eigenvalue weighted by molar-refractivity contribution is -0.276. The summed E-state index contributed by atoms with van der Waals surface area (Å²) in [7, 11) is -1.46. The van der Waals surface area contributed by atoms with Crippen molar-refractivity contribution in [1.82, 2.24) is 0 Å². The van der Waals surface area contributed by atoms with Gasteiger partial charge in [0.2, 0.25) is 0 Å². The van der Waals surface area contributed by atoms with E-state index in [0.717, 1.165) is 24.3 Å². The number of benzene rings is 4. The predicted molar refractivity (Wildman–Crippen MR) is 139 cm³/mol. The Balaban J connectivity index is 0.000000234. The van der Waals surface area contributed by atoms with E-state index in [9.17, 15) is 35.1 Å². The van der Waals surface area contributed by atoms with Gasteiger partial charge in [-0.1, -0.05) is 46.3 Å². The summed E-state index contributed by atoms with van der Waals surface area (Å²) in [5, 5.41) is 35.1. The first-order valence-electron chi connectivity index (χ1n) is 11.1. The van der Waals surface area contributed by atoms with Gasteiger partial charge in [-0.05, 0) is 71.2 Å². The Morgan fingerprint density at radius 2 is 0.976 bits per heavy atom. The largest absolute Gasteiger partial charge is 0.573 e. The highest BCUT2D eigenvalue weighted by molar-refractivity contribution is 9.10. The standard InChI is InChI=1S/C13H8F4O2.C7H3BrF4O.C6H7BO3/c14-11-7-9(8-1-4-10(18)5-2-8)3-6-12(11)19-13(15,16)17;8-4-1-2-6(5(9)3-4)13-7(10,11)12;8-6-3-1-5(2-4-6)7(9)10/h1-7,18H;1-3H;1-4,8-10H. The van der Waals surface area contributed by atoms with Crippen LogP contribution in [0.3, 0.4) is 0 Å². The normalized spacial score (nSPS) is 10.9. The third kappa shape index (κ3) is 12.2. The molecule has 0 aliphatic heterocycles. The lowest BCUT2D eigenvalue weighted by Crippen LogP contribution is -2.29. The first kappa shape index (κ1) is 34.2. The van der Waals surface area contributed by atoms with Crippen LogP contribution in [0.15, 0.2) is 89.4 Å². The van der Waals surface area contributed by atoms with Gasteiger partial charge in [0.25, 0.3) is 0 Å². The van der Waals surface area contributed by atoms with Gasteiger partial charge in [0, 0.05) is 4.47 Å². The first-order chi connectivity index (χ1) is 19.4. The minimum absolute atomic E-state index is 0.0428. The highest BCUT2D eigenvalue weighted by Crippen LogP contribution is 2.30. The molecule has 4 N–H and O–H groups in total. The van der Waals surface area contributed by atoms with Crippen molar-refractivity contribution in [2.45, 2.75) is 12.7 Å². The van der Waals surface area contributed by atoms with Crippen molar-refractivity contribution in [3.8, 4) is 34.1 Å². The summed E-state index contributed by atoms with van der Waals surface area (Å²) in [4.78, 5) is 0. The van der Waals surface area contributed by atoms with E-state index in [-0.39, 0.29) is 11.5 Å². The number of alkyl halides is 6. The molecule has 16 heteroatoms. The molecule has 0 bridgehead atoms. The maximum absolute atomic E-state index is 13.5. The average molecular weight is 669 g/mol. The van der Waals surface area contributed by atoms with Crippen LogP contribution >= 0.6 is 15.9 Å². The van der Waals surface area contributed by atoms with E-state index in [4.69, 9.17) is 20.3 Å². The maximum Gasteiger partial charge on any atom is 0.573 e. The molecule has 4 aromatic rings. The van der Waals surface area contributed by atoms with Gasteiger partial charge in [-0.25, -0.2) is 8.78 Å². The van der Waals surface area contributed by atoms with Crippen molar-refractivity contribution < 1.29 is 64.9 Å². The van der Waals surface area contributed by atoms with Crippen LogP contribution in [0.4, 0.5) is 35.1 Å². The Morgan fingerprint density at radius 1 is 0.571 bits per heavy atom. The second-order valence-electron chi connectivity index (χ2n) is 7.83. The number of ether oxygens (including phenoxy) is 2. The first-order valence-corrected chi connectivity index (χ1v) is 11.9. The van der Waals surface area contributed by atoms with Crippen molar-refractivity contribution in [3.05, 3.63) is 101 Å². The topological polar surface area (TPSA) is 99.4 Å². The maximum atomic E-state index is 13.5. The van der Waals surface area contributed by atoms with Crippen LogP contribution in [0.5, 0.6) is 23.0 Å². The SMILES string of the molecule is Fc1cc(Br)ccc1OC(F)(F)F.OB(O)c1ccc(O)cc1.Oc1ccc(-c2ccc(OC(F)(F)F)c(F)c2)cc1. The number of aromatic hydroxyl groups is 2. The fourth-order valence-corrected chi connectivity index (χ4v) is 3.20. The molecule has 0 saturated carbocycles. The molecule has 224 valence electrons. The van der Waals surface area contributed by atoms with Gasteiger partial charge in [0.1, 0.15) is 11.5 Å². The van der Waals surface area contributed by atoms with Crippen molar-refractivity contribution in [2.75, 3.05) is 0 Å². The van der Waals surface area contributed by atoms with Crippen molar-refractivity contribution >= 4 is 28.5 Å². The molecule has 0 atom stereocenters. The lowest BCUT2D eigenvalue weighted by Gasteiger charge is -2.10. The third-order valence-corrected chi connectivity index (χ3v) is 5.16. The average Bonchev–Trinajstić information content (AvgIpc) is 2.87. The summed E-state index contributed by atoms with van der Waals surface area (Å²) < 4.78 is 104. The molecular weight excluding hydrogens is 651 g/mol. The summed E-state index contributed by atoms with van der Waals surface area (Å²) in [5.74, 6) is -3.73. The smallest absolute Gasteiger partial charge is 0.508 e. The molecule has 0 fully saturated rings. The van der Waals surface area contributed by atoms with Gasteiger partial charge in [0.15, 0.2) is 23.1 Å². The highest BCUT2D eigenvalue weighted by atomic mass is 79.9. The zero-order valence-corrected chi connectivity index (χ0v) is 22.3. The third-order valence-electron chi connectivity index (χ3n) is 4.67. The molecule has 0 radical (unpaired) electrons. The van der Waals surface area contributed by atoms with Gasteiger partial charge >= 0.3 is 19.8 Å². The molecule has 0 unspecified atom stereocenters. The fourth-order valence-electron chi connectivity index (χ4n) is 2.87. The van der Waals surface area contributed by atoms with Crippen LogP contribution < -0.4 is 14.9 Å². The number of hydrogen-bond acceptors (Lipinski definition) is 6. The summed E-state index contributed by atoms with van der Waals surface area (Å²) >= 11 is 2.90. The molecule has 0 saturated heterocycles. The molecular formula is C26H18BBrF8O6. The van der Waals surface area contributed by atoms with Gasteiger partial charge in [-0.15, -0.1) is 26.3 Å². The van der Waals surface area contributed by atoms with Crippen molar-refractivity contribution in [3.63, 3.8) is 0 Å². The van der Waals surface area contributed by atoms with E-state index in [1.807, 2.05) is 0 Å². The summed E-state index contributed by atoms with van der Waals surface area (Å²) in [6.45, 7) is 0. The van der Waals surface area contributed by atoms with Gasteiger partial charge in [0.05, 0.1) is 0 Å². The highest BCUT2D eigenvalue weighted by Gasteiger charge is 2.33. The number of phenols is 2. The lowest BCUT2D eigenvalue weighted by atomic mass is 9.80. The molecule has 4 rings (SSSR count). The zero-order valence-electron chi connectivity index (χ0n) is 20.7. The molecule has 0 aromatic heterocycles. The number of halogens is 9. The van der Waals surface area contributed by atoms with Gasteiger partial charge in [-0.2, -0.15) is 0 Å². The van der Waals surface area contributed by atoms with E-state index in [1.54, 1.807) is 0 Å². The predicted octanol–water partition coefficient (Wildman–Crippen LogP) is 6.66. The zero-order chi connectivity index (χ0) is 31.7. The molecule has 6 nitrogen and oxygen atoms in total. The Morgan fingerprint density at radius 3 is 1.38 bits per heavy atom. The fraction of sp³-hybridized carbons (Fsp3) is 0.0769. The molecule has 0 heterocycles. The Labute approximate surface area is 241 Å². The quantitative estimate of drug-likeness (QED) is 0.144. The monoisotopic (exact) mass is 668 g/mol. The molecule has 4 aromatic carbocycles. The minimum Gasteiger partial charge on any atom is -0.508 e. The van der Waals surface area contributed by atoms with E-state index in [0.29, 0.717) is 21.1 Å². The van der Waals surface area contributed by atoms with Crippen LogP contribution in [0.1, 0.15) is 0 Å². The molecule has 0 spiro atoms. The van der Waals surface area contributed by atoms with E-state index in [2.05, 4.69) is 25.4 Å². The number of hydrogen-bond donors (Lipinski definition) is 4. The second-order valence-corrected chi connectivity index (χ2v) is 8.74. The van der Waals surface area contributed by atoms with Gasteiger partial charge < -0.3 is 29.7 Å². The summed E-state index contributed by atoms with van der Waals surface area (Å²) in [6.07, 6.45) is -9.80. The Kier molecular flexibility index (Phi) is 12.0. The molecule has 0 amide bonds. The van der Waals surface area contributed by atoms with Crippen LogP contribution in [0.2, 0.25) is 0 Å². The molecule has 0 aliphatic rings. The van der Waals surface area contributed by atoms with Gasteiger partial charge in [-0.3, -0.25) is 0 Å². The summed E-state index contributed by atoms with van der Waals surface area (Å²) in [5.41, 5.74) is 1.32. The number of phenolic OH excluding ortho intramolecular Hbond substituents is 2. The van der Waals surface area contributed by atoms with Crippen LogP contribution in [-0.4, -0.2) is 40.1 Å². The molecule has 0 aliphatic carbocycles. The van der Waals surface area contributed by atoms with E-state index in [1.165, 1.54) is 60.7 Å². The minimum atomic E-state index is -4.93. The van der Waals surface area contributed by atoms with Crippen molar-refractivity contribution in [1.29, 1.82) is 0 Å². The Hall–Kier alpha value is -4.02.